The summed E-state index contributed by atoms with van der Waals surface area (Å²) in [6.07, 6.45) is -16.7. The van der Waals surface area contributed by atoms with Crippen molar-refractivity contribution in [2.45, 2.75) is 18.5 Å². The van der Waals surface area contributed by atoms with Gasteiger partial charge in [-0.05, 0) is 18.2 Å². The second kappa shape index (κ2) is 13.8. The largest absolute Gasteiger partial charge is 0.418 e. The molecular formula is C36H6F9N9. The average molecular weight is 735 g/mol. The van der Waals surface area contributed by atoms with Crippen LogP contribution >= 0.6 is 0 Å². The smallest absolute Gasteiger partial charge is 0.192 e. The van der Waals surface area contributed by atoms with Crippen molar-refractivity contribution in [1.82, 2.24) is 0 Å². The summed E-state index contributed by atoms with van der Waals surface area (Å²) in [5.41, 5.74) is -22.7. The van der Waals surface area contributed by atoms with Crippen LogP contribution in [0.3, 0.4) is 0 Å². The molecule has 3 aromatic rings. The molecule has 4 rings (SSSR count). The molecule has 3 aromatic carbocycles. The first kappa shape index (κ1) is 38.5. The van der Waals surface area contributed by atoms with E-state index in [0.29, 0.717) is 36.4 Å². The summed E-state index contributed by atoms with van der Waals surface area (Å²) in [6, 6.07) is 15.1. The first-order valence-corrected chi connectivity index (χ1v) is 13.9. The number of hydrogen-bond donors (Lipinski definition) is 0. The molecule has 1 aliphatic rings. The third kappa shape index (κ3) is 6.26. The lowest BCUT2D eigenvalue weighted by Gasteiger charge is -2.15. The molecular weight excluding hydrogens is 729 g/mol. The van der Waals surface area contributed by atoms with Gasteiger partial charge in [0, 0.05) is 33.4 Å². The van der Waals surface area contributed by atoms with Crippen LogP contribution in [0.25, 0.3) is 16.7 Å². The lowest BCUT2D eigenvalue weighted by molar-refractivity contribution is -0.138. The summed E-state index contributed by atoms with van der Waals surface area (Å²) in [5.74, 6) is 0. The monoisotopic (exact) mass is 735 g/mol. The van der Waals surface area contributed by atoms with Crippen LogP contribution in [0.2, 0.25) is 0 Å². The van der Waals surface area contributed by atoms with E-state index in [9.17, 15) is 86.9 Å². The van der Waals surface area contributed by atoms with Gasteiger partial charge in [0.15, 0.2) is 0 Å². The Kier molecular flexibility index (Phi) is 9.80. The fraction of sp³-hybridized carbons (Fsp3) is 0.0833. The van der Waals surface area contributed by atoms with E-state index in [4.69, 9.17) is 0 Å². The Morgan fingerprint density at radius 1 is 0.352 bits per heavy atom. The van der Waals surface area contributed by atoms with Crippen molar-refractivity contribution in [2.75, 3.05) is 0 Å². The van der Waals surface area contributed by atoms with Gasteiger partial charge in [-0.3, -0.25) is 0 Å². The number of benzene rings is 3. The predicted molar refractivity (Wildman–Crippen MR) is 160 cm³/mol. The second-order valence-electron chi connectivity index (χ2n) is 10.5. The van der Waals surface area contributed by atoms with Crippen LogP contribution in [-0.2, 0) is 18.5 Å². The number of rotatable bonds is 3. The predicted octanol–water partition coefficient (Wildman–Crippen LogP) is 8.22. The van der Waals surface area contributed by atoms with E-state index >= 15 is 0 Å². The van der Waals surface area contributed by atoms with Crippen LogP contribution in [0.15, 0.2) is 53.1 Å². The SMILES string of the molecule is N#CC(=C1C(=C(C#N)c2ccc(C#N)c(C#N)c2C(F)(F)F)C1=C(C#N)c1ccc(C#N)c(C#N)c1C(F)(F)F)c1ccc(C#N)c(C#N)c1C(F)(F)F. The third-order valence-electron chi connectivity index (χ3n) is 7.74. The Morgan fingerprint density at radius 2 is 0.574 bits per heavy atom. The maximum Gasteiger partial charge on any atom is 0.418 e. The van der Waals surface area contributed by atoms with Gasteiger partial charge >= 0.3 is 18.5 Å². The molecule has 0 N–H and O–H groups in total. The molecule has 0 unspecified atom stereocenters. The van der Waals surface area contributed by atoms with E-state index in [1.54, 1.807) is 0 Å². The van der Waals surface area contributed by atoms with Crippen molar-refractivity contribution in [1.29, 1.82) is 47.4 Å². The number of nitrogens with zero attached hydrogens (tertiary/aromatic N) is 9. The van der Waals surface area contributed by atoms with Crippen molar-refractivity contribution in [3.63, 3.8) is 0 Å². The summed E-state index contributed by atoms with van der Waals surface area (Å²) in [4.78, 5) is 0. The molecule has 18 heteroatoms. The summed E-state index contributed by atoms with van der Waals surface area (Å²) in [7, 11) is 0. The van der Waals surface area contributed by atoms with E-state index in [1.807, 2.05) is 0 Å². The van der Waals surface area contributed by atoms with Crippen LogP contribution in [0.1, 0.15) is 66.8 Å². The number of allylic oxidation sites excluding steroid dienone is 6. The van der Waals surface area contributed by atoms with E-state index in [-0.39, 0.29) is 0 Å². The molecule has 0 radical (unpaired) electrons. The summed E-state index contributed by atoms with van der Waals surface area (Å²) in [6.45, 7) is 0. The van der Waals surface area contributed by atoms with Crippen molar-refractivity contribution in [2.24, 2.45) is 0 Å². The van der Waals surface area contributed by atoms with Gasteiger partial charge in [-0.15, -0.1) is 0 Å². The van der Waals surface area contributed by atoms with Crippen molar-refractivity contribution >= 4 is 16.7 Å². The fourth-order valence-electron chi connectivity index (χ4n) is 5.63. The molecule has 1 fully saturated rings. The van der Waals surface area contributed by atoms with Crippen molar-refractivity contribution in [3.05, 3.63) is 120 Å². The van der Waals surface area contributed by atoms with E-state index in [0.717, 1.165) is 0 Å². The van der Waals surface area contributed by atoms with Crippen LogP contribution < -0.4 is 0 Å². The van der Waals surface area contributed by atoms with Gasteiger partial charge in [-0.25, -0.2) is 0 Å². The molecule has 258 valence electrons. The number of nitriles is 9. The number of hydrogen-bond acceptors (Lipinski definition) is 9. The van der Waals surface area contributed by atoms with E-state index in [1.165, 1.54) is 54.6 Å². The summed E-state index contributed by atoms with van der Waals surface area (Å²) >= 11 is 0. The molecule has 0 spiro atoms. The van der Waals surface area contributed by atoms with Gasteiger partial charge in [-0.1, -0.05) is 18.2 Å². The Labute approximate surface area is 296 Å². The van der Waals surface area contributed by atoms with Crippen molar-refractivity contribution < 1.29 is 39.5 Å². The quantitative estimate of drug-likeness (QED) is 0.187. The lowest BCUT2D eigenvalue weighted by atomic mass is 9.90. The Balaban J connectivity index is 2.43. The zero-order valence-electron chi connectivity index (χ0n) is 25.9. The zero-order valence-corrected chi connectivity index (χ0v) is 25.9. The van der Waals surface area contributed by atoms with Gasteiger partial charge in [0.2, 0.25) is 0 Å². The maximum absolute atomic E-state index is 14.6. The molecule has 1 aliphatic carbocycles. The van der Waals surface area contributed by atoms with Crippen LogP contribution in [0, 0.1) is 102 Å². The molecule has 9 nitrogen and oxygen atoms in total. The average Bonchev–Trinajstić information content (AvgIpc) is 3.83. The lowest BCUT2D eigenvalue weighted by Crippen LogP contribution is -2.13. The summed E-state index contributed by atoms with van der Waals surface area (Å²) in [5, 5.41) is 87.5. The third-order valence-corrected chi connectivity index (χ3v) is 7.74. The summed E-state index contributed by atoms with van der Waals surface area (Å²) < 4.78 is 131. The van der Waals surface area contributed by atoms with E-state index in [2.05, 4.69) is 0 Å². The highest BCUT2D eigenvalue weighted by Gasteiger charge is 2.48. The van der Waals surface area contributed by atoms with E-state index < -0.39 is 119 Å². The first-order valence-electron chi connectivity index (χ1n) is 13.9. The molecule has 0 aliphatic heterocycles. The topological polar surface area (TPSA) is 214 Å². The zero-order chi connectivity index (χ0) is 40.5. The van der Waals surface area contributed by atoms with Gasteiger partial charge < -0.3 is 0 Å². The normalized spacial score (nSPS) is 11.9. The highest BCUT2D eigenvalue weighted by atomic mass is 19.4. The second-order valence-corrected chi connectivity index (χ2v) is 10.5. The Bertz CT molecular complexity index is 2410. The van der Waals surface area contributed by atoms with Crippen LogP contribution in [0.4, 0.5) is 39.5 Å². The van der Waals surface area contributed by atoms with Gasteiger partial charge in [-0.2, -0.15) is 86.9 Å². The van der Waals surface area contributed by atoms with Crippen LogP contribution in [-0.4, -0.2) is 0 Å². The molecule has 1 saturated carbocycles. The standard InChI is InChI=1S/C36H6F9N9/c37-34(38,39)31-19(4-1-16(7-46)22(31)10-49)25(13-52)28-29(26(14-53)20-5-2-17(8-47)23(11-50)32(20)35(40,41)42)30(28)27(15-54)21-6-3-18(9-48)24(12-51)33(21)36(43,44)45/h1-6H. The molecule has 0 heterocycles. The van der Waals surface area contributed by atoms with Crippen LogP contribution in [0.5, 0.6) is 0 Å². The van der Waals surface area contributed by atoms with Crippen molar-refractivity contribution in [3.8, 4) is 54.6 Å². The molecule has 0 bridgehead atoms. The molecule has 0 aromatic heterocycles. The number of halogens is 9. The Hall–Kier alpha value is -8.34. The molecule has 0 saturated heterocycles. The highest BCUT2D eigenvalue weighted by Crippen LogP contribution is 2.58. The minimum atomic E-state index is -5.55. The molecule has 0 atom stereocenters. The molecule has 54 heavy (non-hydrogen) atoms. The Morgan fingerprint density at radius 3 is 0.722 bits per heavy atom. The highest BCUT2D eigenvalue weighted by molar-refractivity contribution is 6.13. The first-order chi connectivity index (χ1) is 25.4. The van der Waals surface area contributed by atoms with Gasteiger partial charge in [0.25, 0.3) is 0 Å². The minimum Gasteiger partial charge on any atom is -0.192 e. The molecule has 0 amide bonds. The van der Waals surface area contributed by atoms with Gasteiger partial charge in [0.05, 0.1) is 66.8 Å². The van der Waals surface area contributed by atoms with Gasteiger partial charge in [0.1, 0.15) is 54.6 Å². The maximum atomic E-state index is 14.6. The fourth-order valence-corrected chi connectivity index (χ4v) is 5.63. The number of alkyl halides is 9. The minimum absolute atomic E-state index is 0.507.